The van der Waals surface area contributed by atoms with Crippen LogP contribution in [0.2, 0.25) is 0 Å². The van der Waals surface area contributed by atoms with E-state index in [4.69, 9.17) is 14.9 Å². The minimum absolute atomic E-state index is 0.558. The smallest absolute Gasteiger partial charge is 0.328 e. The molecule has 1 aromatic heterocycles. The first-order chi connectivity index (χ1) is 12.8. The van der Waals surface area contributed by atoms with Gasteiger partial charge in [0.1, 0.15) is 10.8 Å². The van der Waals surface area contributed by atoms with Crippen LogP contribution in [0.15, 0.2) is 64.7 Å². The van der Waals surface area contributed by atoms with E-state index >= 15 is 0 Å². The Morgan fingerprint density at radius 3 is 2.37 bits per heavy atom. The number of aromatic nitrogens is 1. The van der Waals surface area contributed by atoms with E-state index in [2.05, 4.69) is 36.1 Å². The van der Waals surface area contributed by atoms with Gasteiger partial charge in [0.2, 0.25) is 0 Å². The summed E-state index contributed by atoms with van der Waals surface area (Å²) in [6, 6.07) is 12.1. The van der Waals surface area contributed by atoms with Gasteiger partial charge >= 0.3 is 11.9 Å². The largest absolute Gasteiger partial charge is 0.497 e. The number of pyridine rings is 1. The molecule has 2 N–H and O–H groups in total. The molecule has 0 unspecified atom stereocenters. The van der Waals surface area contributed by atoms with Crippen LogP contribution in [0.5, 0.6) is 5.75 Å². The lowest BCUT2D eigenvalue weighted by Gasteiger charge is -2.13. The molecule has 0 spiro atoms. The number of nitrogens with zero attached hydrogens (tertiary/aromatic N) is 2. The molecule has 0 aliphatic heterocycles. The van der Waals surface area contributed by atoms with Crippen LogP contribution in [-0.4, -0.2) is 53.2 Å². The number of ether oxygens (including phenoxy) is 1. The average Bonchev–Trinajstić information content (AvgIpc) is 2.62. The van der Waals surface area contributed by atoms with Gasteiger partial charge in [-0.1, -0.05) is 23.9 Å². The summed E-state index contributed by atoms with van der Waals surface area (Å²) in [6.45, 7) is 0.889. The molecule has 2 aromatic rings. The number of carboxylic acids is 2. The maximum atomic E-state index is 9.55. The van der Waals surface area contributed by atoms with E-state index < -0.39 is 11.9 Å². The second-order valence-electron chi connectivity index (χ2n) is 5.50. The highest BCUT2D eigenvalue weighted by molar-refractivity contribution is 7.99. The summed E-state index contributed by atoms with van der Waals surface area (Å²) in [4.78, 5) is 26.9. The monoisotopic (exact) mass is 390 g/mol. The molecule has 27 heavy (non-hydrogen) atoms. The van der Waals surface area contributed by atoms with Gasteiger partial charge in [0.05, 0.1) is 7.11 Å². The van der Waals surface area contributed by atoms with Crippen molar-refractivity contribution in [2.45, 2.75) is 16.5 Å². The third kappa shape index (κ3) is 9.43. The lowest BCUT2D eigenvalue weighted by Crippen LogP contribution is -2.11. The molecule has 0 bridgehead atoms. The minimum atomic E-state index is -1.26. The molecule has 0 saturated heterocycles. The van der Waals surface area contributed by atoms with Gasteiger partial charge in [0.15, 0.2) is 0 Å². The highest BCUT2D eigenvalue weighted by atomic mass is 32.2. The number of aliphatic carboxylic acids is 2. The van der Waals surface area contributed by atoms with E-state index in [-0.39, 0.29) is 0 Å². The fraction of sp³-hybridized carbons (Fsp3) is 0.211. The van der Waals surface area contributed by atoms with E-state index in [0.717, 1.165) is 22.2 Å². The van der Waals surface area contributed by atoms with Gasteiger partial charge in [-0.25, -0.2) is 14.6 Å². The molecule has 0 atom stereocenters. The number of benzene rings is 1. The molecule has 1 aromatic carbocycles. The molecule has 0 fully saturated rings. The van der Waals surface area contributed by atoms with Gasteiger partial charge in [-0.15, -0.1) is 0 Å². The molecule has 0 aliphatic rings. The van der Waals surface area contributed by atoms with Crippen molar-refractivity contribution in [3.8, 4) is 5.75 Å². The Labute approximate surface area is 162 Å². The van der Waals surface area contributed by atoms with Crippen LogP contribution in [0.25, 0.3) is 0 Å². The zero-order valence-corrected chi connectivity index (χ0v) is 16.1. The Hall–Kier alpha value is -2.84. The standard InChI is InChI=1S/C15H18N2OS.C4H4O4/c1-17(2)11-12-6-5-9-16-15(12)19-14-8-4-7-13(10-14)18-3;5-3(6)1-2-4(7)8/h4-10H,11H2,1-3H3;1-2H,(H,5,6)(H,7,8)/b;2-1-. The van der Waals surface area contributed by atoms with Gasteiger partial charge in [0.25, 0.3) is 0 Å². The molecular weight excluding hydrogens is 368 g/mol. The summed E-state index contributed by atoms with van der Waals surface area (Å²) < 4.78 is 5.25. The lowest BCUT2D eigenvalue weighted by molar-refractivity contribution is -0.134. The first kappa shape index (κ1) is 22.2. The van der Waals surface area contributed by atoms with Crippen molar-refractivity contribution in [3.05, 3.63) is 60.3 Å². The number of hydrogen-bond donors (Lipinski definition) is 2. The SMILES string of the molecule is COc1cccc(Sc2ncccc2CN(C)C)c1.O=C(O)/C=C\C(=O)O. The Bertz CT molecular complexity index is 777. The van der Waals surface area contributed by atoms with Crippen molar-refractivity contribution in [1.82, 2.24) is 9.88 Å². The number of methoxy groups -OCH3 is 1. The second-order valence-corrected chi connectivity index (χ2v) is 6.56. The van der Waals surface area contributed by atoms with Crippen molar-refractivity contribution in [3.63, 3.8) is 0 Å². The van der Waals surface area contributed by atoms with Gasteiger partial charge in [-0.2, -0.15) is 0 Å². The third-order valence-electron chi connectivity index (χ3n) is 2.96. The molecule has 144 valence electrons. The van der Waals surface area contributed by atoms with Crippen molar-refractivity contribution >= 4 is 23.7 Å². The van der Waals surface area contributed by atoms with Crippen LogP contribution >= 0.6 is 11.8 Å². The van der Waals surface area contributed by atoms with Crippen molar-refractivity contribution in [2.24, 2.45) is 0 Å². The van der Waals surface area contributed by atoms with E-state index in [1.165, 1.54) is 5.56 Å². The van der Waals surface area contributed by atoms with Crippen LogP contribution in [-0.2, 0) is 16.1 Å². The second kappa shape index (κ2) is 11.7. The number of carbonyl (C=O) groups is 2. The predicted molar refractivity (Wildman–Crippen MR) is 103 cm³/mol. The zero-order valence-electron chi connectivity index (χ0n) is 15.3. The molecule has 0 aliphatic carbocycles. The van der Waals surface area contributed by atoms with Gasteiger partial charge < -0.3 is 19.8 Å². The van der Waals surface area contributed by atoms with Gasteiger partial charge in [-0.05, 0) is 43.9 Å². The summed E-state index contributed by atoms with van der Waals surface area (Å²) in [7, 11) is 5.81. The number of hydrogen-bond acceptors (Lipinski definition) is 6. The van der Waals surface area contributed by atoms with Crippen molar-refractivity contribution < 1.29 is 24.5 Å². The van der Waals surface area contributed by atoms with Gasteiger partial charge in [-0.3, -0.25) is 0 Å². The maximum absolute atomic E-state index is 9.55. The minimum Gasteiger partial charge on any atom is -0.497 e. The van der Waals surface area contributed by atoms with E-state index in [1.807, 2.05) is 30.5 Å². The van der Waals surface area contributed by atoms with Crippen LogP contribution in [0.1, 0.15) is 5.56 Å². The van der Waals surface area contributed by atoms with Gasteiger partial charge in [0, 0.05) is 29.8 Å². The molecule has 0 saturated carbocycles. The molecule has 7 nitrogen and oxygen atoms in total. The molecular formula is C19H22N2O5S. The first-order valence-electron chi connectivity index (χ1n) is 7.86. The molecule has 8 heteroatoms. The summed E-state index contributed by atoms with van der Waals surface area (Å²) >= 11 is 1.67. The van der Waals surface area contributed by atoms with Crippen LogP contribution < -0.4 is 4.74 Å². The summed E-state index contributed by atoms with van der Waals surface area (Å²) in [5.41, 5.74) is 1.24. The number of rotatable bonds is 7. The zero-order chi connectivity index (χ0) is 20.2. The van der Waals surface area contributed by atoms with Crippen LogP contribution in [0.4, 0.5) is 0 Å². The summed E-state index contributed by atoms with van der Waals surface area (Å²) in [6.07, 6.45) is 2.95. The predicted octanol–water partition coefficient (Wildman–Crippen LogP) is 3.01. The van der Waals surface area contributed by atoms with E-state index in [0.29, 0.717) is 12.2 Å². The molecule has 0 amide bonds. The van der Waals surface area contributed by atoms with Crippen molar-refractivity contribution in [2.75, 3.05) is 21.2 Å². The normalized spacial score (nSPS) is 10.4. The topological polar surface area (TPSA) is 100.0 Å². The van der Waals surface area contributed by atoms with Crippen LogP contribution in [0, 0.1) is 0 Å². The third-order valence-corrected chi connectivity index (χ3v) is 4.01. The van der Waals surface area contributed by atoms with E-state index in [1.54, 1.807) is 18.9 Å². The average molecular weight is 390 g/mol. The fourth-order valence-electron chi connectivity index (χ4n) is 1.90. The fourth-order valence-corrected chi connectivity index (χ4v) is 2.82. The van der Waals surface area contributed by atoms with Crippen LogP contribution in [0.3, 0.4) is 0 Å². The Morgan fingerprint density at radius 1 is 1.15 bits per heavy atom. The molecule has 0 radical (unpaired) electrons. The highest BCUT2D eigenvalue weighted by Crippen LogP contribution is 2.31. The summed E-state index contributed by atoms with van der Waals surface area (Å²) in [5.74, 6) is -1.64. The van der Waals surface area contributed by atoms with Crippen molar-refractivity contribution in [1.29, 1.82) is 0 Å². The Morgan fingerprint density at radius 2 is 1.81 bits per heavy atom. The Balaban J connectivity index is 0.000000387. The highest BCUT2D eigenvalue weighted by Gasteiger charge is 2.07. The summed E-state index contributed by atoms with van der Waals surface area (Å²) in [5, 5.41) is 16.7. The lowest BCUT2D eigenvalue weighted by atomic mass is 10.3. The molecule has 1 heterocycles. The molecule has 2 rings (SSSR count). The quantitative estimate of drug-likeness (QED) is 0.696. The maximum Gasteiger partial charge on any atom is 0.328 e. The first-order valence-corrected chi connectivity index (χ1v) is 8.68. The number of carboxylic acid groups (broad SMARTS) is 2. The van der Waals surface area contributed by atoms with E-state index in [9.17, 15) is 9.59 Å². The Kier molecular flexibility index (Phi) is 9.63.